The van der Waals surface area contributed by atoms with E-state index in [-0.39, 0.29) is 24.7 Å². The summed E-state index contributed by atoms with van der Waals surface area (Å²) in [6.07, 6.45) is 6.04. The second-order valence-corrected chi connectivity index (χ2v) is 6.77. The molecule has 0 atom stereocenters. The van der Waals surface area contributed by atoms with Gasteiger partial charge in [0.1, 0.15) is 16.6 Å². The molecule has 0 saturated carbocycles. The van der Waals surface area contributed by atoms with Crippen molar-refractivity contribution in [2.45, 2.75) is 20.0 Å². The number of furan rings is 1. The number of carbonyl (C=O) groups excluding carboxylic acids is 1. The van der Waals surface area contributed by atoms with Gasteiger partial charge in [0.2, 0.25) is 0 Å². The first-order chi connectivity index (χ1) is 13.6. The summed E-state index contributed by atoms with van der Waals surface area (Å²) in [5.41, 5.74) is 2.92. The number of aryl methyl sites for hydroxylation is 1. The summed E-state index contributed by atoms with van der Waals surface area (Å²) in [6.45, 7) is 2.54. The highest BCUT2D eigenvalue weighted by Gasteiger charge is 2.21. The van der Waals surface area contributed by atoms with Crippen LogP contribution in [0.4, 0.5) is 0 Å². The molecule has 140 valence electrons. The second-order valence-electron chi connectivity index (χ2n) is 6.42. The van der Waals surface area contributed by atoms with Crippen molar-refractivity contribution in [3.8, 4) is 0 Å². The summed E-state index contributed by atoms with van der Waals surface area (Å²) >= 11 is 6.45. The van der Waals surface area contributed by atoms with Gasteiger partial charge >= 0.3 is 0 Å². The van der Waals surface area contributed by atoms with Gasteiger partial charge in [-0.15, -0.1) is 0 Å². The van der Waals surface area contributed by atoms with Crippen molar-refractivity contribution in [2.24, 2.45) is 0 Å². The van der Waals surface area contributed by atoms with Crippen LogP contribution in [0.2, 0.25) is 5.15 Å². The van der Waals surface area contributed by atoms with Crippen LogP contribution < -0.4 is 0 Å². The Kier molecular flexibility index (Phi) is 5.04. The molecule has 0 saturated heterocycles. The number of rotatable bonds is 5. The smallest absolute Gasteiger partial charge is 0.274 e. The molecule has 28 heavy (non-hydrogen) atoms. The first-order valence-corrected chi connectivity index (χ1v) is 9.12. The normalized spacial score (nSPS) is 10.9. The number of halogens is 1. The molecule has 0 aliphatic heterocycles. The Morgan fingerprint density at radius 2 is 2.07 bits per heavy atom. The third-order valence-corrected chi connectivity index (χ3v) is 4.76. The number of amides is 1. The van der Waals surface area contributed by atoms with E-state index in [1.165, 1.54) is 18.6 Å². The molecule has 3 aromatic heterocycles. The molecule has 7 heteroatoms. The third kappa shape index (κ3) is 3.73. The largest absolute Gasteiger partial charge is 0.467 e. The number of para-hydroxylation sites is 1. The van der Waals surface area contributed by atoms with Gasteiger partial charge in [-0.25, -0.2) is 9.97 Å². The third-order valence-electron chi connectivity index (χ3n) is 4.43. The van der Waals surface area contributed by atoms with Crippen LogP contribution in [0.25, 0.3) is 10.9 Å². The predicted molar refractivity (Wildman–Crippen MR) is 106 cm³/mol. The number of aromatic nitrogens is 3. The van der Waals surface area contributed by atoms with E-state index >= 15 is 0 Å². The molecule has 0 fully saturated rings. The van der Waals surface area contributed by atoms with Crippen molar-refractivity contribution in [1.29, 1.82) is 0 Å². The molecular formula is C21H17ClN4O2. The summed E-state index contributed by atoms with van der Waals surface area (Å²) in [5.74, 6) is 0.405. The number of hydrogen-bond donors (Lipinski definition) is 0. The fourth-order valence-electron chi connectivity index (χ4n) is 3.05. The lowest BCUT2D eigenvalue weighted by Crippen LogP contribution is -2.31. The number of fused-ring (bicyclic) bond motifs is 1. The van der Waals surface area contributed by atoms with Gasteiger partial charge in [-0.05, 0) is 30.7 Å². The number of pyridine rings is 1. The van der Waals surface area contributed by atoms with Crippen LogP contribution in [0.5, 0.6) is 0 Å². The van der Waals surface area contributed by atoms with Gasteiger partial charge in [0.05, 0.1) is 24.5 Å². The monoisotopic (exact) mass is 392 g/mol. The Morgan fingerprint density at radius 3 is 2.82 bits per heavy atom. The summed E-state index contributed by atoms with van der Waals surface area (Å²) in [4.78, 5) is 27.3. The predicted octanol–water partition coefficient (Wildman–Crippen LogP) is 4.42. The van der Waals surface area contributed by atoms with E-state index in [2.05, 4.69) is 15.0 Å². The molecule has 4 aromatic rings. The molecule has 0 N–H and O–H groups in total. The maximum Gasteiger partial charge on any atom is 0.274 e. The van der Waals surface area contributed by atoms with E-state index < -0.39 is 0 Å². The Labute approximate surface area is 166 Å². The van der Waals surface area contributed by atoms with Crippen molar-refractivity contribution in [3.05, 3.63) is 89.0 Å². The minimum atomic E-state index is -0.259. The maximum absolute atomic E-state index is 13.0. The highest BCUT2D eigenvalue weighted by atomic mass is 35.5. The molecule has 0 spiro atoms. The Bertz CT molecular complexity index is 1110. The van der Waals surface area contributed by atoms with Crippen LogP contribution >= 0.6 is 11.6 Å². The van der Waals surface area contributed by atoms with E-state index in [4.69, 9.17) is 16.0 Å². The summed E-state index contributed by atoms with van der Waals surface area (Å²) < 4.78 is 5.43. The van der Waals surface area contributed by atoms with E-state index in [0.717, 1.165) is 22.0 Å². The number of hydrogen-bond acceptors (Lipinski definition) is 5. The van der Waals surface area contributed by atoms with E-state index in [1.807, 2.05) is 37.3 Å². The lowest BCUT2D eigenvalue weighted by Gasteiger charge is -2.22. The fraction of sp³-hybridized carbons (Fsp3) is 0.143. The molecular weight excluding hydrogens is 376 g/mol. The van der Waals surface area contributed by atoms with Gasteiger partial charge in [-0.1, -0.05) is 29.8 Å². The van der Waals surface area contributed by atoms with Gasteiger partial charge in [0.15, 0.2) is 0 Å². The van der Waals surface area contributed by atoms with Gasteiger partial charge in [0.25, 0.3) is 5.91 Å². The summed E-state index contributed by atoms with van der Waals surface area (Å²) in [7, 11) is 0. The van der Waals surface area contributed by atoms with Crippen molar-refractivity contribution >= 4 is 28.4 Å². The zero-order valence-electron chi connectivity index (χ0n) is 15.2. The molecule has 0 aliphatic carbocycles. The zero-order valence-corrected chi connectivity index (χ0v) is 15.9. The lowest BCUT2D eigenvalue weighted by atomic mass is 10.1. The van der Waals surface area contributed by atoms with Gasteiger partial charge in [-0.3, -0.25) is 9.78 Å². The van der Waals surface area contributed by atoms with Crippen LogP contribution in [0.1, 0.15) is 27.4 Å². The molecule has 1 amide bonds. The van der Waals surface area contributed by atoms with Crippen molar-refractivity contribution in [3.63, 3.8) is 0 Å². The fourth-order valence-corrected chi connectivity index (χ4v) is 3.25. The minimum absolute atomic E-state index is 0.259. The van der Waals surface area contributed by atoms with Gasteiger partial charge in [-0.2, -0.15) is 0 Å². The lowest BCUT2D eigenvalue weighted by molar-refractivity contribution is 0.0711. The van der Waals surface area contributed by atoms with E-state index in [9.17, 15) is 4.79 Å². The van der Waals surface area contributed by atoms with Gasteiger partial charge < -0.3 is 9.32 Å². The van der Waals surface area contributed by atoms with Crippen LogP contribution in [0.15, 0.2) is 65.7 Å². The molecule has 0 bridgehead atoms. The minimum Gasteiger partial charge on any atom is -0.467 e. The van der Waals surface area contributed by atoms with Crippen molar-refractivity contribution in [1.82, 2.24) is 19.9 Å². The topological polar surface area (TPSA) is 72.1 Å². The molecule has 0 unspecified atom stereocenters. The van der Waals surface area contributed by atoms with Gasteiger partial charge in [0, 0.05) is 29.9 Å². The highest BCUT2D eigenvalue weighted by molar-refractivity contribution is 6.30. The first-order valence-electron chi connectivity index (χ1n) is 8.74. The standard InChI is InChI=1S/C21H17ClN4O2/c1-14-4-2-5-15-10-16(20(22)25-19(14)15)12-26(13-17-6-3-9-28-17)21(27)18-11-23-7-8-24-18/h2-11H,12-13H2,1H3. The van der Waals surface area contributed by atoms with Crippen LogP contribution in [-0.4, -0.2) is 25.8 Å². The highest BCUT2D eigenvalue weighted by Crippen LogP contribution is 2.25. The molecule has 0 aliphatic rings. The second kappa shape index (κ2) is 7.78. The molecule has 0 radical (unpaired) electrons. The number of nitrogens with zero attached hydrogens (tertiary/aromatic N) is 4. The SMILES string of the molecule is Cc1cccc2cc(CN(Cc3ccco3)C(=O)c3cnccn3)c(Cl)nc12. The molecule has 1 aromatic carbocycles. The zero-order chi connectivity index (χ0) is 19.5. The Balaban J connectivity index is 1.70. The molecule has 4 rings (SSSR count). The summed E-state index contributed by atoms with van der Waals surface area (Å²) in [6, 6.07) is 11.5. The maximum atomic E-state index is 13.0. The quantitative estimate of drug-likeness (QED) is 0.470. The average molecular weight is 393 g/mol. The van der Waals surface area contributed by atoms with Crippen LogP contribution in [0, 0.1) is 6.92 Å². The average Bonchev–Trinajstić information content (AvgIpc) is 3.22. The van der Waals surface area contributed by atoms with Crippen LogP contribution in [-0.2, 0) is 13.1 Å². The summed E-state index contributed by atoms with van der Waals surface area (Å²) in [5, 5.41) is 1.35. The van der Waals surface area contributed by atoms with Crippen molar-refractivity contribution in [2.75, 3.05) is 0 Å². The molecule has 6 nitrogen and oxygen atoms in total. The Morgan fingerprint density at radius 1 is 1.18 bits per heavy atom. The Hall–Kier alpha value is -3.25. The van der Waals surface area contributed by atoms with Crippen molar-refractivity contribution < 1.29 is 9.21 Å². The first kappa shape index (κ1) is 18.1. The number of benzene rings is 1. The molecule has 3 heterocycles. The van der Waals surface area contributed by atoms with E-state index in [1.54, 1.807) is 17.2 Å². The van der Waals surface area contributed by atoms with Crippen LogP contribution in [0.3, 0.4) is 0 Å². The van der Waals surface area contributed by atoms with E-state index in [0.29, 0.717) is 10.9 Å². The number of carbonyl (C=O) groups is 1.